The quantitative estimate of drug-likeness (QED) is 0.335. The van der Waals surface area contributed by atoms with Gasteiger partial charge in [0.2, 0.25) is 0 Å². The lowest BCUT2D eigenvalue weighted by molar-refractivity contribution is 0.0124. The Morgan fingerprint density at radius 3 is 2.83 bits per heavy atom. The number of aliphatic hydroxyl groups is 1. The van der Waals surface area contributed by atoms with Crippen molar-refractivity contribution in [2.75, 3.05) is 37.5 Å². The van der Waals surface area contributed by atoms with Gasteiger partial charge in [-0.15, -0.1) is 0 Å². The van der Waals surface area contributed by atoms with Crippen molar-refractivity contribution in [2.45, 2.75) is 56.7 Å². The molecule has 4 aliphatic rings. The van der Waals surface area contributed by atoms with E-state index in [1.54, 1.807) is 19.3 Å². The van der Waals surface area contributed by atoms with Crippen molar-refractivity contribution in [1.29, 1.82) is 0 Å². The second kappa shape index (κ2) is 11.7. The van der Waals surface area contributed by atoms with Crippen molar-refractivity contribution in [3.63, 3.8) is 0 Å². The Morgan fingerprint density at radius 2 is 2.05 bits per heavy atom. The highest BCUT2D eigenvalue weighted by Crippen LogP contribution is 2.47. The van der Waals surface area contributed by atoms with Gasteiger partial charge in [-0.2, -0.15) is 10.6 Å². The number of fused-ring (bicyclic) bond motifs is 4. The second-order valence-electron chi connectivity index (χ2n) is 12.2. The first kappa shape index (κ1) is 28.7. The number of amides is 1. The molecule has 1 amide bonds. The Balaban J connectivity index is 1.43. The molecule has 0 unspecified atom stereocenters. The molecule has 0 aromatic heterocycles. The first-order valence-electron chi connectivity index (χ1n) is 14.6. The summed E-state index contributed by atoms with van der Waals surface area (Å²) in [6, 6.07) is 11.7. The van der Waals surface area contributed by atoms with Crippen LogP contribution in [0.25, 0.3) is 0 Å². The minimum absolute atomic E-state index is 0.0903. The van der Waals surface area contributed by atoms with Crippen molar-refractivity contribution in [2.24, 2.45) is 22.1 Å². The van der Waals surface area contributed by atoms with Crippen LogP contribution in [0.1, 0.15) is 54.1 Å². The number of hydrogen-bond donors (Lipinski definition) is 1. The summed E-state index contributed by atoms with van der Waals surface area (Å²) in [6.45, 7) is 3.90. The Morgan fingerprint density at radius 1 is 1.20 bits per heavy atom. The lowest BCUT2D eigenvalue weighted by Crippen LogP contribution is -2.49. The van der Waals surface area contributed by atoms with Gasteiger partial charge >= 0.3 is 0 Å². The number of ether oxygens (including phenoxy) is 2. The van der Waals surface area contributed by atoms with E-state index in [9.17, 15) is 14.1 Å². The largest absolute Gasteiger partial charge is 0.490 e. The maximum atomic E-state index is 13.2. The number of hydrogen-bond acceptors (Lipinski definition) is 7. The molecule has 1 saturated carbocycles. The molecule has 6 atom stereocenters. The molecule has 9 heteroatoms. The summed E-state index contributed by atoms with van der Waals surface area (Å²) in [7, 11) is -0.0410. The summed E-state index contributed by atoms with van der Waals surface area (Å²) in [5, 5.41) is 11.5. The number of methoxy groups -OCH3 is 1. The van der Waals surface area contributed by atoms with Gasteiger partial charge in [-0.05, 0) is 91.3 Å². The second-order valence-corrected chi connectivity index (χ2v) is 13.8. The normalized spacial score (nSPS) is 33.0. The molecular formula is C32H38ClN2O5S-. The monoisotopic (exact) mass is 597 g/mol. The Hall–Kier alpha value is -2.39. The van der Waals surface area contributed by atoms with E-state index in [-0.39, 0.29) is 23.2 Å². The summed E-state index contributed by atoms with van der Waals surface area (Å²) in [5.41, 5.74) is 3.62. The van der Waals surface area contributed by atoms with Crippen LogP contribution in [0.5, 0.6) is 5.75 Å². The topological polar surface area (TPSA) is 88.4 Å². The molecule has 2 aliphatic heterocycles. The van der Waals surface area contributed by atoms with E-state index in [4.69, 9.17) is 21.1 Å². The molecule has 1 N–H and O–H groups in total. The van der Waals surface area contributed by atoms with Crippen LogP contribution in [0.3, 0.4) is 0 Å². The summed E-state index contributed by atoms with van der Waals surface area (Å²) in [6.07, 6.45) is 7.95. The van der Waals surface area contributed by atoms with Crippen LogP contribution in [0.2, 0.25) is 5.02 Å². The summed E-state index contributed by atoms with van der Waals surface area (Å²) < 4.78 is 29.2. The number of aliphatic hydroxyl groups excluding tert-OH is 1. The molecule has 220 valence electrons. The SMILES string of the molecule is CO[C@H]1/C=C/[C@H](O)[C@H](C)C[S-](=O)=NC(=O)c2ccc3c(c2)N(C[C@@H]2CC[C@H]21)C[C@@]1(CCCc2cc(Cl)ccc21)CO3. The van der Waals surface area contributed by atoms with Gasteiger partial charge in [-0.3, -0.25) is 4.79 Å². The van der Waals surface area contributed by atoms with Crippen LogP contribution in [-0.4, -0.2) is 55.8 Å². The Labute approximate surface area is 249 Å². The van der Waals surface area contributed by atoms with Gasteiger partial charge in [0.1, 0.15) is 5.75 Å². The maximum Gasteiger partial charge on any atom is 0.254 e. The molecule has 2 aromatic rings. The standard InChI is InChI=1S/C32H38ClN2O5S/c1-20-17-41(38)34-31(37)22-6-11-30-27(15-22)35(16-23-5-8-25(23)29(39-2)12-10-28(20)36)18-32(19-40-30)13-3-4-21-14-24(33)7-9-26(21)32/h6-7,9-12,14-15,20,23,25,28-29,36H,3-5,8,13,16-19H2,1-2H3/q-1/b12-10+/t20-,23+,25-,28+,29+,32+/m1/s1. The Bertz CT molecular complexity index is 1440. The third kappa shape index (κ3) is 5.68. The highest BCUT2D eigenvalue weighted by molar-refractivity contribution is 7.75. The van der Waals surface area contributed by atoms with Gasteiger partial charge < -0.3 is 28.1 Å². The predicted molar refractivity (Wildman–Crippen MR) is 161 cm³/mol. The van der Waals surface area contributed by atoms with E-state index >= 15 is 0 Å². The van der Waals surface area contributed by atoms with E-state index in [1.807, 2.05) is 31.2 Å². The minimum atomic E-state index is -1.76. The van der Waals surface area contributed by atoms with Crippen molar-refractivity contribution in [3.05, 3.63) is 70.3 Å². The van der Waals surface area contributed by atoms with Gasteiger partial charge in [-0.25, -0.2) is 0 Å². The van der Waals surface area contributed by atoms with Crippen LogP contribution in [-0.2, 0) is 31.4 Å². The molecular weight excluding hydrogens is 560 g/mol. The summed E-state index contributed by atoms with van der Waals surface area (Å²) in [4.78, 5) is 15.6. The van der Waals surface area contributed by atoms with Crippen LogP contribution in [0.4, 0.5) is 5.69 Å². The molecule has 2 aliphatic carbocycles. The average molecular weight is 598 g/mol. The average Bonchev–Trinajstić information content (AvgIpc) is 3.09. The summed E-state index contributed by atoms with van der Waals surface area (Å²) >= 11 is 6.40. The van der Waals surface area contributed by atoms with Crippen LogP contribution in [0.15, 0.2) is 52.9 Å². The van der Waals surface area contributed by atoms with E-state index in [1.165, 1.54) is 11.1 Å². The van der Waals surface area contributed by atoms with E-state index < -0.39 is 22.6 Å². The van der Waals surface area contributed by atoms with Gasteiger partial charge in [0.25, 0.3) is 5.91 Å². The van der Waals surface area contributed by atoms with Crippen molar-refractivity contribution >= 4 is 33.8 Å². The first-order chi connectivity index (χ1) is 19.8. The molecule has 2 bridgehead atoms. The highest BCUT2D eigenvalue weighted by atomic mass is 35.5. The number of carbonyl (C=O) groups is 1. The number of halogens is 1. The first-order valence-corrected chi connectivity index (χ1v) is 16.3. The summed E-state index contributed by atoms with van der Waals surface area (Å²) in [5.74, 6) is 0.672. The lowest BCUT2D eigenvalue weighted by Gasteiger charge is -2.46. The number of anilines is 1. The Kier molecular flexibility index (Phi) is 8.20. The maximum absolute atomic E-state index is 13.2. The zero-order valence-electron chi connectivity index (χ0n) is 23.6. The van der Waals surface area contributed by atoms with Gasteiger partial charge in [0, 0.05) is 36.2 Å². The fraction of sp³-hybridized carbons (Fsp3) is 0.531. The molecule has 1 fully saturated rings. The minimum Gasteiger partial charge on any atom is -0.490 e. The molecule has 1 spiro atoms. The van der Waals surface area contributed by atoms with E-state index in [0.717, 1.165) is 61.7 Å². The number of rotatable bonds is 1. The van der Waals surface area contributed by atoms with Crippen molar-refractivity contribution in [1.82, 2.24) is 0 Å². The molecule has 0 saturated heterocycles. The molecule has 2 aromatic carbocycles. The lowest BCUT2D eigenvalue weighted by atomic mass is 9.68. The fourth-order valence-electron chi connectivity index (χ4n) is 7.10. The fourth-order valence-corrected chi connectivity index (χ4v) is 8.31. The third-order valence-corrected chi connectivity index (χ3v) is 11.0. The smallest absolute Gasteiger partial charge is 0.254 e. The number of aryl methyl sites for hydroxylation is 1. The van der Waals surface area contributed by atoms with Gasteiger partial charge in [0.15, 0.2) is 0 Å². The zero-order chi connectivity index (χ0) is 28.7. The van der Waals surface area contributed by atoms with Crippen molar-refractivity contribution < 1.29 is 23.6 Å². The van der Waals surface area contributed by atoms with Crippen molar-refractivity contribution in [3.8, 4) is 5.75 Å². The zero-order valence-corrected chi connectivity index (χ0v) is 25.2. The van der Waals surface area contributed by atoms with Gasteiger partial charge in [-0.1, -0.05) is 42.5 Å². The molecule has 41 heavy (non-hydrogen) atoms. The number of nitrogens with zero attached hydrogens (tertiary/aromatic N) is 2. The predicted octanol–water partition coefficient (Wildman–Crippen LogP) is 5.71. The highest BCUT2D eigenvalue weighted by Gasteiger charge is 2.44. The van der Waals surface area contributed by atoms with Gasteiger partial charge in [0.05, 0.1) is 24.5 Å². The van der Waals surface area contributed by atoms with Crippen LogP contribution < -0.4 is 9.64 Å². The van der Waals surface area contributed by atoms with E-state index in [2.05, 4.69) is 21.4 Å². The number of carbonyl (C=O) groups excluding carboxylic acids is 1. The molecule has 2 heterocycles. The number of benzene rings is 2. The van der Waals surface area contributed by atoms with Crippen LogP contribution >= 0.6 is 11.6 Å². The molecule has 7 nitrogen and oxygen atoms in total. The molecule has 0 radical (unpaired) electrons. The third-order valence-electron chi connectivity index (χ3n) is 9.58. The van der Waals surface area contributed by atoms with Crippen LogP contribution in [0, 0.1) is 17.8 Å². The molecule has 6 rings (SSSR count). The van der Waals surface area contributed by atoms with E-state index in [0.29, 0.717) is 24.0 Å².